The van der Waals surface area contributed by atoms with Crippen LogP contribution >= 0.6 is 0 Å². The second kappa shape index (κ2) is 7.51. The van der Waals surface area contributed by atoms with Gasteiger partial charge in [-0.1, -0.05) is 0 Å². The van der Waals surface area contributed by atoms with Gasteiger partial charge in [-0.05, 0) is 25.5 Å². The van der Waals surface area contributed by atoms with Gasteiger partial charge in [-0.25, -0.2) is 9.50 Å². The molecule has 9 nitrogen and oxygen atoms in total. The maximum atomic E-state index is 13.2. The van der Waals surface area contributed by atoms with Gasteiger partial charge in [-0.2, -0.15) is 5.10 Å². The van der Waals surface area contributed by atoms with Gasteiger partial charge in [0.1, 0.15) is 16.9 Å². The Labute approximate surface area is 179 Å². The molecule has 9 heteroatoms. The number of hydrogen-bond donors (Lipinski definition) is 2. The maximum absolute atomic E-state index is 13.2. The lowest BCUT2D eigenvalue weighted by molar-refractivity contribution is 0.0446. The number of aliphatic hydroxyl groups excluding tert-OH is 1. The Bertz CT molecular complexity index is 1150. The molecule has 1 saturated heterocycles. The number of carbonyl (C=O) groups is 1. The molecule has 5 rings (SSSR count). The molecule has 0 unspecified atom stereocenters. The highest BCUT2D eigenvalue weighted by atomic mass is 16.5. The number of anilines is 2. The summed E-state index contributed by atoms with van der Waals surface area (Å²) in [6.45, 7) is 6.41. The number of fused-ring (bicyclic) bond motifs is 2. The smallest absolute Gasteiger partial charge is 0.261 e. The molecule has 0 radical (unpaired) electrons. The molecule has 3 aromatic rings. The lowest BCUT2D eigenvalue weighted by atomic mass is 9.99. The fraction of sp³-hybridized carbons (Fsp3) is 0.409. The molecule has 2 aromatic heterocycles. The number of amides is 1. The molecule has 0 spiro atoms. The van der Waals surface area contributed by atoms with E-state index in [1.165, 1.54) is 6.20 Å². The fourth-order valence-corrected chi connectivity index (χ4v) is 4.12. The lowest BCUT2D eigenvalue weighted by Crippen LogP contribution is -2.36. The van der Waals surface area contributed by atoms with Crippen LogP contribution in [-0.2, 0) is 11.2 Å². The van der Waals surface area contributed by atoms with E-state index < -0.39 is 5.60 Å². The van der Waals surface area contributed by atoms with Crippen molar-refractivity contribution in [2.75, 3.05) is 43.1 Å². The molecular formula is C22H25N5O4. The Morgan fingerprint density at radius 3 is 2.87 bits per heavy atom. The molecule has 1 amide bonds. The van der Waals surface area contributed by atoms with Gasteiger partial charge in [-0.3, -0.25) is 4.79 Å². The van der Waals surface area contributed by atoms with Gasteiger partial charge >= 0.3 is 0 Å². The van der Waals surface area contributed by atoms with E-state index in [0.29, 0.717) is 36.5 Å². The van der Waals surface area contributed by atoms with Gasteiger partial charge in [0.25, 0.3) is 5.91 Å². The number of carbonyl (C=O) groups excluding carboxylic acids is 1. The van der Waals surface area contributed by atoms with Crippen LogP contribution in [0, 0.1) is 6.92 Å². The Kier molecular flexibility index (Phi) is 4.79. The third-order valence-electron chi connectivity index (χ3n) is 5.76. The monoisotopic (exact) mass is 423 g/mol. The van der Waals surface area contributed by atoms with Gasteiger partial charge < -0.3 is 24.8 Å². The van der Waals surface area contributed by atoms with Crippen molar-refractivity contribution in [3.05, 3.63) is 47.4 Å². The van der Waals surface area contributed by atoms with Gasteiger partial charge in [0.15, 0.2) is 5.65 Å². The first kappa shape index (κ1) is 19.8. The second-order valence-corrected chi connectivity index (χ2v) is 8.38. The first-order chi connectivity index (χ1) is 15.0. The lowest BCUT2D eigenvalue weighted by Gasteiger charge is -2.31. The summed E-state index contributed by atoms with van der Waals surface area (Å²) in [4.78, 5) is 19.7. The number of aliphatic hydroxyl groups is 1. The van der Waals surface area contributed by atoms with E-state index in [1.54, 1.807) is 10.7 Å². The number of morpholine rings is 1. The van der Waals surface area contributed by atoms with Crippen LogP contribution in [-0.4, -0.2) is 64.1 Å². The summed E-state index contributed by atoms with van der Waals surface area (Å²) < 4.78 is 13.1. The van der Waals surface area contributed by atoms with Crippen LogP contribution in [0.2, 0.25) is 0 Å². The molecule has 0 aliphatic carbocycles. The predicted molar refractivity (Wildman–Crippen MR) is 115 cm³/mol. The first-order valence-electron chi connectivity index (χ1n) is 10.4. The highest BCUT2D eigenvalue weighted by molar-refractivity contribution is 6.09. The SMILES string of the molecule is Cc1cnc2c(C(=O)Nc3cc4c(cc3N3CCOCC3)O[C@](C)(CO)C4)cnn2c1. The molecule has 1 aromatic carbocycles. The summed E-state index contributed by atoms with van der Waals surface area (Å²) in [5.41, 5.74) is 3.75. The zero-order valence-electron chi connectivity index (χ0n) is 17.6. The summed E-state index contributed by atoms with van der Waals surface area (Å²) in [5.74, 6) is 0.466. The quantitative estimate of drug-likeness (QED) is 0.660. The Morgan fingerprint density at radius 2 is 2.10 bits per heavy atom. The molecule has 4 heterocycles. The van der Waals surface area contributed by atoms with Crippen LogP contribution in [0.5, 0.6) is 5.75 Å². The zero-order valence-corrected chi connectivity index (χ0v) is 17.6. The average Bonchev–Trinajstić information content (AvgIpc) is 3.33. The number of aromatic nitrogens is 3. The highest BCUT2D eigenvalue weighted by Crippen LogP contribution is 2.42. The maximum Gasteiger partial charge on any atom is 0.261 e. The van der Waals surface area contributed by atoms with E-state index in [4.69, 9.17) is 9.47 Å². The normalized spacial score (nSPS) is 20.5. The largest absolute Gasteiger partial charge is 0.484 e. The number of hydrogen-bond acceptors (Lipinski definition) is 7. The van der Waals surface area contributed by atoms with Crippen LogP contribution < -0.4 is 15.0 Å². The Hall–Kier alpha value is -3.17. The third-order valence-corrected chi connectivity index (χ3v) is 5.76. The van der Waals surface area contributed by atoms with Crippen LogP contribution in [0.25, 0.3) is 5.65 Å². The summed E-state index contributed by atoms with van der Waals surface area (Å²) >= 11 is 0. The number of ether oxygens (including phenoxy) is 2. The van der Waals surface area contributed by atoms with Crippen molar-refractivity contribution < 1.29 is 19.4 Å². The van der Waals surface area contributed by atoms with Crippen molar-refractivity contribution in [1.29, 1.82) is 0 Å². The number of aryl methyl sites for hydroxylation is 1. The molecule has 162 valence electrons. The topological polar surface area (TPSA) is 101 Å². The minimum absolute atomic E-state index is 0.0796. The summed E-state index contributed by atoms with van der Waals surface area (Å²) in [6.07, 6.45) is 5.66. The molecule has 2 N–H and O–H groups in total. The number of nitrogens with zero attached hydrogens (tertiary/aromatic N) is 4. The number of nitrogens with one attached hydrogen (secondary N) is 1. The molecule has 2 aliphatic heterocycles. The van der Waals surface area contributed by atoms with E-state index in [-0.39, 0.29) is 12.5 Å². The van der Waals surface area contributed by atoms with Gasteiger partial charge in [-0.15, -0.1) is 0 Å². The van der Waals surface area contributed by atoms with Crippen molar-refractivity contribution in [2.24, 2.45) is 0 Å². The van der Waals surface area contributed by atoms with E-state index in [1.807, 2.05) is 32.2 Å². The van der Waals surface area contributed by atoms with Crippen molar-refractivity contribution >= 4 is 22.9 Å². The second-order valence-electron chi connectivity index (χ2n) is 8.38. The number of benzene rings is 1. The van der Waals surface area contributed by atoms with Crippen molar-refractivity contribution in [3.63, 3.8) is 0 Å². The van der Waals surface area contributed by atoms with Gasteiger partial charge in [0.05, 0.1) is 37.4 Å². The minimum atomic E-state index is -0.655. The number of rotatable bonds is 4. The first-order valence-corrected chi connectivity index (χ1v) is 10.4. The molecular weight excluding hydrogens is 398 g/mol. The zero-order chi connectivity index (χ0) is 21.6. The van der Waals surface area contributed by atoms with E-state index >= 15 is 0 Å². The van der Waals surface area contributed by atoms with Crippen molar-refractivity contribution in [3.8, 4) is 5.75 Å². The molecule has 0 bridgehead atoms. The summed E-state index contributed by atoms with van der Waals surface area (Å²) in [7, 11) is 0. The fourth-order valence-electron chi connectivity index (χ4n) is 4.12. The van der Waals surface area contributed by atoms with Crippen LogP contribution in [0.4, 0.5) is 11.4 Å². The summed E-state index contributed by atoms with van der Waals surface area (Å²) in [5, 5.41) is 17.1. The molecule has 31 heavy (non-hydrogen) atoms. The standard InChI is InChI=1S/C22H25N5O4/c1-14-10-23-20-16(11-24-27(20)12-14)21(29)25-17-7-15-9-22(2,13-28)31-19(15)8-18(17)26-3-5-30-6-4-26/h7-8,10-12,28H,3-6,9,13H2,1-2H3,(H,25,29)/t22-/m0/s1. The molecule has 2 aliphatic rings. The Balaban J connectivity index is 1.51. The minimum Gasteiger partial charge on any atom is -0.484 e. The molecule has 1 atom stereocenters. The van der Waals surface area contributed by atoms with Gasteiger partial charge in [0.2, 0.25) is 0 Å². The summed E-state index contributed by atoms with van der Waals surface area (Å²) in [6, 6.07) is 3.90. The van der Waals surface area contributed by atoms with Crippen LogP contribution in [0.1, 0.15) is 28.4 Å². The van der Waals surface area contributed by atoms with Crippen molar-refractivity contribution in [1.82, 2.24) is 14.6 Å². The van der Waals surface area contributed by atoms with Crippen LogP contribution in [0.15, 0.2) is 30.7 Å². The van der Waals surface area contributed by atoms with Crippen LogP contribution in [0.3, 0.4) is 0 Å². The predicted octanol–water partition coefficient (Wildman–Crippen LogP) is 1.81. The average molecular weight is 423 g/mol. The third kappa shape index (κ3) is 3.60. The highest BCUT2D eigenvalue weighted by Gasteiger charge is 2.35. The van der Waals surface area contributed by atoms with Crippen molar-refractivity contribution in [2.45, 2.75) is 25.9 Å². The van der Waals surface area contributed by atoms with Gasteiger partial charge in [0, 0.05) is 43.5 Å². The van der Waals surface area contributed by atoms with E-state index in [2.05, 4.69) is 20.3 Å². The Morgan fingerprint density at radius 1 is 1.29 bits per heavy atom. The van der Waals surface area contributed by atoms with E-state index in [9.17, 15) is 9.90 Å². The molecule has 1 fully saturated rings. The van der Waals surface area contributed by atoms with E-state index in [0.717, 1.165) is 35.7 Å². The molecule has 0 saturated carbocycles.